The Kier molecular flexibility index (Phi) is 4.51. The normalized spacial score (nSPS) is 11.1. The van der Waals surface area contributed by atoms with Gasteiger partial charge in [-0.15, -0.1) is 0 Å². The first-order chi connectivity index (χ1) is 10.4. The summed E-state index contributed by atoms with van der Waals surface area (Å²) in [5.74, 6) is 1.52. The van der Waals surface area contributed by atoms with Crippen LogP contribution in [0, 0.1) is 0 Å². The summed E-state index contributed by atoms with van der Waals surface area (Å²) in [6.45, 7) is 0.704. The van der Waals surface area contributed by atoms with E-state index in [0.29, 0.717) is 13.2 Å². The van der Waals surface area contributed by atoms with Gasteiger partial charge in [-0.25, -0.2) is 0 Å². The highest BCUT2D eigenvalue weighted by atomic mass is 16.7. The molecule has 3 rings (SSSR count). The van der Waals surface area contributed by atoms with E-state index in [9.17, 15) is 0 Å². The summed E-state index contributed by atoms with van der Waals surface area (Å²) in [5, 5.41) is 0. The summed E-state index contributed by atoms with van der Waals surface area (Å²) in [7, 11) is 0. The maximum absolute atomic E-state index is 5.81. The Bertz CT molecular complexity index is 576. The Labute approximate surface area is 122 Å². The zero-order chi connectivity index (χ0) is 14.3. The molecule has 0 unspecified atom stereocenters. The van der Waals surface area contributed by atoms with Crippen LogP contribution in [0.3, 0.4) is 0 Å². The molecule has 0 atom stereocenters. The average molecular weight is 284 g/mol. The van der Waals surface area contributed by atoms with Crippen LogP contribution < -0.4 is 0 Å². The molecule has 0 aliphatic rings. The largest absolute Gasteiger partial charge is 0.467 e. The smallest absolute Gasteiger partial charge is 0.184 e. The van der Waals surface area contributed by atoms with E-state index in [2.05, 4.69) is 0 Å². The first-order valence-electron chi connectivity index (χ1n) is 6.75. The van der Waals surface area contributed by atoms with Gasteiger partial charge in [0.2, 0.25) is 0 Å². The molecule has 0 N–H and O–H groups in total. The van der Waals surface area contributed by atoms with Crippen molar-refractivity contribution in [2.45, 2.75) is 19.5 Å². The Morgan fingerprint density at radius 1 is 0.714 bits per heavy atom. The molecular formula is C17H16O4. The third kappa shape index (κ3) is 3.84. The highest BCUT2D eigenvalue weighted by Crippen LogP contribution is 2.22. The standard InChI is InChI=1S/C17H16O4/c1-2-6-14(7-3-1)17(20-12-15-8-4-10-18-15)21-13-16-9-5-11-19-16/h1-11,17H,12-13H2. The number of furan rings is 2. The first-order valence-corrected chi connectivity index (χ1v) is 6.75. The summed E-state index contributed by atoms with van der Waals surface area (Å²) in [6.07, 6.45) is 2.78. The zero-order valence-electron chi connectivity index (χ0n) is 11.5. The molecule has 4 nitrogen and oxygen atoms in total. The summed E-state index contributed by atoms with van der Waals surface area (Å²) in [5.41, 5.74) is 0.954. The van der Waals surface area contributed by atoms with Crippen LogP contribution in [0.4, 0.5) is 0 Å². The van der Waals surface area contributed by atoms with E-state index in [1.807, 2.05) is 54.6 Å². The van der Waals surface area contributed by atoms with Crippen molar-refractivity contribution in [1.82, 2.24) is 0 Å². The topological polar surface area (TPSA) is 44.7 Å². The van der Waals surface area contributed by atoms with Crippen LogP contribution in [0.2, 0.25) is 0 Å². The summed E-state index contributed by atoms with van der Waals surface area (Å²) in [6, 6.07) is 17.2. The SMILES string of the molecule is c1ccc(C(OCc2ccco2)OCc2ccco2)cc1. The Hall–Kier alpha value is -2.30. The van der Waals surface area contributed by atoms with Crippen LogP contribution in [0.5, 0.6) is 0 Å². The van der Waals surface area contributed by atoms with Crippen LogP contribution in [0.15, 0.2) is 76.0 Å². The molecule has 0 fully saturated rings. The van der Waals surface area contributed by atoms with E-state index >= 15 is 0 Å². The molecule has 2 heterocycles. The van der Waals surface area contributed by atoms with Gasteiger partial charge in [-0.2, -0.15) is 0 Å². The number of rotatable bonds is 7. The summed E-state index contributed by atoms with van der Waals surface area (Å²) in [4.78, 5) is 0. The van der Waals surface area contributed by atoms with Gasteiger partial charge in [0.15, 0.2) is 6.29 Å². The predicted molar refractivity (Wildman–Crippen MR) is 76.2 cm³/mol. The molecule has 0 saturated heterocycles. The Balaban J connectivity index is 1.65. The quantitative estimate of drug-likeness (QED) is 0.607. The number of ether oxygens (including phenoxy) is 2. The van der Waals surface area contributed by atoms with Crippen molar-refractivity contribution < 1.29 is 18.3 Å². The van der Waals surface area contributed by atoms with Gasteiger partial charge >= 0.3 is 0 Å². The predicted octanol–water partition coefficient (Wildman–Crippen LogP) is 4.30. The second kappa shape index (κ2) is 6.92. The van der Waals surface area contributed by atoms with Gasteiger partial charge in [0.25, 0.3) is 0 Å². The van der Waals surface area contributed by atoms with Gasteiger partial charge in [-0.3, -0.25) is 0 Å². The minimum absolute atomic E-state index is 0.352. The third-order valence-corrected chi connectivity index (χ3v) is 2.99. The fourth-order valence-electron chi connectivity index (χ4n) is 1.96. The molecule has 2 aromatic heterocycles. The monoisotopic (exact) mass is 284 g/mol. The van der Waals surface area contributed by atoms with Crippen molar-refractivity contribution in [3.05, 3.63) is 84.2 Å². The van der Waals surface area contributed by atoms with Crippen molar-refractivity contribution in [3.8, 4) is 0 Å². The maximum atomic E-state index is 5.81. The number of hydrogen-bond donors (Lipinski definition) is 0. The van der Waals surface area contributed by atoms with E-state index in [1.54, 1.807) is 12.5 Å². The minimum Gasteiger partial charge on any atom is -0.467 e. The van der Waals surface area contributed by atoms with Gasteiger partial charge in [0.1, 0.15) is 24.7 Å². The molecule has 0 spiro atoms. The van der Waals surface area contributed by atoms with Crippen LogP contribution >= 0.6 is 0 Å². The molecule has 3 aromatic rings. The molecule has 0 amide bonds. The lowest BCUT2D eigenvalue weighted by molar-refractivity contribution is -0.166. The number of benzene rings is 1. The maximum Gasteiger partial charge on any atom is 0.184 e. The van der Waals surface area contributed by atoms with E-state index in [1.165, 1.54) is 0 Å². The molecule has 0 aliphatic carbocycles. The van der Waals surface area contributed by atoms with Crippen LogP contribution in [-0.4, -0.2) is 0 Å². The van der Waals surface area contributed by atoms with Gasteiger partial charge < -0.3 is 18.3 Å². The molecule has 4 heteroatoms. The van der Waals surface area contributed by atoms with E-state index < -0.39 is 6.29 Å². The lowest BCUT2D eigenvalue weighted by Gasteiger charge is -2.18. The van der Waals surface area contributed by atoms with Crippen molar-refractivity contribution in [2.24, 2.45) is 0 Å². The molecule has 0 aliphatic heterocycles. The van der Waals surface area contributed by atoms with Crippen molar-refractivity contribution in [1.29, 1.82) is 0 Å². The molecular weight excluding hydrogens is 268 g/mol. The first kappa shape index (κ1) is 13.7. The van der Waals surface area contributed by atoms with Crippen molar-refractivity contribution in [2.75, 3.05) is 0 Å². The van der Waals surface area contributed by atoms with Gasteiger partial charge in [-0.05, 0) is 24.3 Å². The fraction of sp³-hybridized carbons (Fsp3) is 0.176. The summed E-state index contributed by atoms with van der Waals surface area (Å²) < 4.78 is 22.2. The summed E-state index contributed by atoms with van der Waals surface area (Å²) >= 11 is 0. The Morgan fingerprint density at radius 2 is 1.29 bits per heavy atom. The van der Waals surface area contributed by atoms with E-state index in [-0.39, 0.29) is 0 Å². The second-order valence-corrected chi connectivity index (χ2v) is 4.52. The molecule has 0 saturated carbocycles. The zero-order valence-corrected chi connectivity index (χ0v) is 11.5. The molecule has 108 valence electrons. The van der Waals surface area contributed by atoms with Crippen LogP contribution in [0.25, 0.3) is 0 Å². The lowest BCUT2D eigenvalue weighted by atomic mass is 10.2. The van der Waals surface area contributed by atoms with Gasteiger partial charge in [0, 0.05) is 5.56 Å². The van der Waals surface area contributed by atoms with E-state index in [0.717, 1.165) is 17.1 Å². The Morgan fingerprint density at radius 3 is 1.76 bits per heavy atom. The fourth-order valence-corrected chi connectivity index (χ4v) is 1.96. The van der Waals surface area contributed by atoms with Crippen molar-refractivity contribution >= 4 is 0 Å². The molecule has 0 radical (unpaired) electrons. The molecule has 1 aromatic carbocycles. The molecule has 0 bridgehead atoms. The van der Waals surface area contributed by atoms with Gasteiger partial charge in [-0.1, -0.05) is 30.3 Å². The second-order valence-electron chi connectivity index (χ2n) is 4.52. The highest BCUT2D eigenvalue weighted by molar-refractivity contribution is 5.16. The number of hydrogen-bond acceptors (Lipinski definition) is 4. The third-order valence-electron chi connectivity index (χ3n) is 2.99. The lowest BCUT2D eigenvalue weighted by Crippen LogP contribution is -2.08. The van der Waals surface area contributed by atoms with Crippen molar-refractivity contribution in [3.63, 3.8) is 0 Å². The minimum atomic E-state index is -0.471. The average Bonchev–Trinajstić information content (AvgIpc) is 3.21. The molecule has 21 heavy (non-hydrogen) atoms. The van der Waals surface area contributed by atoms with Gasteiger partial charge in [0.05, 0.1) is 12.5 Å². The van der Waals surface area contributed by atoms with E-state index in [4.69, 9.17) is 18.3 Å². The van der Waals surface area contributed by atoms with Crippen LogP contribution in [0.1, 0.15) is 23.4 Å². The van der Waals surface area contributed by atoms with Crippen LogP contribution in [-0.2, 0) is 22.7 Å². The highest BCUT2D eigenvalue weighted by Gasteiger charge is 2.14.